The Labute approximate surface area is 140 Å². The Morgan fingerprint density at radius 1 is 1.21 bits per heavy atom. The number of nitrogens with zero attached hydrogens (tertiary/aromatic N) is 1. The molecule has 3 aliphatic rings. The van der Waals surface area contributed by atoms with Crippen molar-refractivity contribution in [3.05, 3.63) is 23.7 Å². The first kappa shape index (κ1) is 16.5. The fourth-order valence-corrected chi connectivity index (χ4v) is 3.74. The predicted molar refractivity (Wildman–Crippen MR) is 82.1 cm³/mol. The standard InChI is InChI=1S/C16H24N2O6/c19-8-11-2-1-10(23-11)7-17-13-12-9-22-16(24-12)14(15(13)20)18-3-5-21-6-4-18/h1-2,12-17,19-20H,3-9H2/t12-,13-,14-,15+,16-/m1/s1. The molecule has 3 saturated heterocycles. The lowest BCUT2D eigenvalue weighted by Crippen LogP contribution is -2.65. The highest BCUT2D eigenvalue weighted by atomic mass is 16.7. The van der Waals surface area contributed by atoms with Crippen molar-refractivity contribution < 1.29 is 28.8 Å². The number of morpholine rings is 1. The van der Waals surface area contributed by atoms with Gasteiger partial charge >= 0.3 is 0 Å². The molecular weight excluding hydrogens is 316 g/mol. The summed E-state index contributed by atoms with van der Waals surface area (Å²) in [4.78, 5) is 2.19. The lowest BCUT2D eigenvalue weighted by Gasteiger charge is -2.45. The molecule has 8 heteroatoms. The number of furan rings is 1. The second-order valence-electron chi connectivity index (χ2n) is 6.44. The molecule has 8 nitrogen and oxygen atoms in total. The summed E-state index contributed by atoms with van der Waals surface area (Å²) < 4.78 is 22.6. The molecule has 3 aliphatic heterocycles. The first-order chi connectivity index (χ1) is 11.8. The van der Waals surface area contributed by atoms with Gasteiger partial charge in [-0.3, -0.25) is 4.90 Å². The molecule has 0 radical (unpaired) electrons. The molecule has 0 amide bonds. The molecule has 3 fully saturated rings. The third-order valence-corrected chi connectivity index (χ3v) is 4.98. The molecule has 3 N–H and O–H groups in total. The van der Waals surface area contributed by atoms with Gasteiger partial charge in [-0.25, -0.2) is 0 Å². The van der Waals surface area contributed by atoms with Gasteiger partial charge in [0.05, 0.1) is 44.6 Å². The van der Waals surface area contributed by atoms with E-state index in [2.05, 4.69) is 10.2 Å². The van der Waals surface area contributed by atoms with Crippen LogP contribution in [0.4, 0.5) is 0 Å². The number of aliphatic hydroxyl groups is 2. The van der Waals surface area contributed by atoms with Gasteiger partial charge in [0.2, 0.25) is 0 Å². The molecule has 4 heterocycles. The topological polar surface area (TPSA) is 96.6 Å². The average Bonchev–Trinajstić information content (AvgIpc) is 3.24. The van der Waals surface area contributed by atoms with E-state index in [1.165, 1.54) is 0 Å². The Bertz CT molecular complexity index is 546. The molecule has 5 atom stereocenters. The zero-order chi connectivity index (χ0) is 16.5. The van der Waals surface area contributed by atoms with Crippen molar-refractivity contribution in [2.75, 3.05) is 32.9 Å². The third-order valence-electron chi connectivity index (χ3n) is 4.98. The minimum absolute atomic E-state index is 0.119. The van der Waals surface area contributed by atoms with Gasteiger partial charge in [0, 0.05) is 13.1 Å². The molecule has 0 aromatic carbocycles. The molecular formula is C16H24N2O6. The smallest absolute Gasteiger partial charge is 0.176 e. The Hall–Kier alpha value is -1.00. The fraction of sp³-hybridized carbons (Fsp3) is 0.750. The Balaban J connectivity index is 1.43. The van der Waals surface area contributed by atoms with Gasteiger partial charge in [-0.15, -0.1) is 0 Å². The van der Waals surface area contributed by atoms with Gasteiger partial charge in [0.25, 0.3) is 0 Å². The van der Waals surface area contributed by atoms with E-state index >= 15 is 0 Å². The van der Waals surface area contributed by atoms with Crippen molar-refractivity contribution in [2.24, 2.45) is 0 Å². The van der Waals surface area contributed by atoms with Gasteiger partial charge in [-0.2, -0.15) is 0 Å². The van der Waals surface area contributed by atoms with Crippen LogP contribution in [0.25, 0.3) is 0 Å². The highest BCUT2D eigenvalue weighted by Gasteiger charge is 2.52. The minimum Gasteiger partial charge on any atom is -0.462 e. The summed E-state index contributed by atoms with van der Waals surface area (Å²) in [6, 6.07) is 3.13. The number of hydrogen-bond acceptors (Lipinski definition) is 8. The van der Waals surface area contributed by atoms with E-state index < -0.39 is 6.10 Å². The van der Waals surface area contributed by atoms with Crippen molar-refractivity contribution in [1.29, 1.82) is 0 Å². The molecule has 1 aromatic heterocycles. The Kier molecular flexibility index (Phi) is 4.86. The number of rotatable bonds is 5. The summed E-state index contributed by atoms with van der Waals surface area (Å²) in [5.74, 6) is 1.25. The molecule has 4 rings (SSSR count). The normalized spacial score (nSPS) is 37.0. The van der Waals surface area contributed by atoms with Crippen LogP contribution in [0, 0.1) is 0 Å². The van der Waals surface area contributed by atoms with Crippen molar-refractivity contribution >= 4 is 0 Å². The summed E-state index contributed by atoms with van der Waals surface area (Å²) in [5.41, 5.74) is 0. The molecule has 0 unspecified atom stereocenters. The van der Waals surface area contributed by atoms with E-state index in [1.54, 1.807) is 6.07 Å². The summed E-state index contributed by atoms with van der Waals surface area (Å²) in [5, 5.41) is 23.3. The first-order valence-corrected chi connectivity index (χ1v) is 8.45. The van der Waals surface area contributed by atoms with Crippen LogP contribution in [-0.4, -0.2) is 78.6 Å². The van der Waals surface area contributed by atoms with Crippen LogP contribution in [0.1, 0.15) is 11.5 Å². The maximum atomic E-state index is 10.9. The van der Waals surface area contributed by atoms with Crippen LogP contribution < -0.4 is 5.32 Å². The van der Waals surface area contributed by atoms with Gasteiger partial charge in [-0.05, 0) is 12.1 Å². The molecule has 24 heavy (non-hydrogen) atoms. The van der Waals surface area contributed by atoms with Crippen LogP contribution in [0.2, 0.25) is 0 Å². The van der Waals surface area contributed by atoms with E-state index in [-0.39, 0.29) is 31.1 Å². The molecule has 0 aliphatic carbocycles. The van der Waals surface area contributed by atoms with Crippen molar-refractivity contribution in [1.82, 2.24) is 10.2 Å². The van der Waals surface area contributed by atoms with Crippen molar-refractivity contribution in [3.8, 4) is 0 Å². The zero-order valence-corrected chi connectivity index (χ0v) is 13.5. The third kappa shape index (κ3) is 3.11. The van der Waals surface area contributed by atoms with E-state index in [9.17, 15) is 5.11 Å². The second-order valence-corrected chi connectivity index (χ2v) is 6.44. The van der Waals surface area contributed by atoms with Crippen molar-refractivity contribution in [3.63, 3.8) is 0 Å². The molecule has 1 aromatic rings. The van der Waals surface area contributed by atoms with Crippen LogP contribution in [0.5, 0.6) is 0 Å². The monoisotopic (exact) mass is 340 g/mol. The number of nitrogens with one attached hydrogen (secondary N) is 1. The summed E-state index contributed by atoms with van der Waals surface area (Å²) in [7, 11) is 0. The SMILES string of the molecule is OCc1ccc(CN[C@H]2[C@H](O)[C@@H](N3CCOCC3)[C@@H]3OC[C@H]2O3)o1. The molecule has 0 spiro atoms. The van der Waals surface area contributed by atoms with Crippen LogP contribution in [0.3, 0.4) is 0 Å². The number of fused-ring (bicyclic) bond motifs is 2. The lowest BCUT2D eigenvalue weighted by atomic mass is 9.94. The molecule has 134 valence electrons. The largest absolute Gasteiger partial charge is 0.462 e. The van der Waals surface area contributed by atoms with Gasteiger partial charge in [0.15, 0.2) is 6.29 Å². The summed E-state index contributed by atoms with van der Waals surface area (Å²) in [6.45, 7) is 3.66. The maximum Gasteiger partial charge on any atom is 0.176 e. The van der Waals surface area contributed by atoms with Crippen LogP contribution in [0.15, 0.2) is 16.5 Å². The predicted octanol–water partition coefficient (Wildman–Crippen LogP) is -0.953. The van der Waals surface area contributed by atoms with Crippen LogP contribution >= 0.6 is 0 Å². The molecule has 0 saturated carbocycles. The highest BCUT2D eigenvalue weighted by molar-refractivity contribution is 5.08. The number of hydrogen-bond donors (Lipinski definition) is 3. The summed E-state index contributed by atoms with van der Waals surface area (Å²) >= 11 is 0. The Morgan fingerprint density at radius 2 is 2.00 bits per heavy atom. The highest BCUT2D eigenvalue weighted by Crippen LogP contribution is 2.32. The second kappa shape index (κ2) is 7.09. The minimum atomic E-state index is -0.596. The van der Waals surface area contributed by atoms with Gasteiger partial charge in [-0.1, -0.05) is 0 Å². The number of ether oxygens (including phenoxy) is 3. The fourth-order valence-electron chi connectivity index (χ4n) is 3.74. The maximum absolute atomic E-state index is 10.9. The van der Waals surface area contributed by atoms with Crippen LogP contribution in [-0.2, 0) is 27.4 Å². The number of aliphatic hydroxyl groups excluding tert-OH is 2. The quantitative estimate of drug-likeness (QED) is 0.631. The first-order valence-electron chi connectivity index (χ1n) is 8.45. The van der Waals surface area contributed by atoms with E-state index in [4.69, 9.17) is 23.7 Å². The van der Waals surface area contributed by atoms with E-state index in [1.807, 2.05) is 6.07 Å². The Morgan fingerprint density at radius 3 is 2.75 bits per heavy atom. The van der Waals surface area contributed by atoms with E-state index in [0.717, 1.165) is 18.8 Å². The van der Waals surface area contributed by atoms with Gasteiger partial charge < -0.3 is 34.2 Å². The summed E-state index contributed by atoms with van der Waals surface area (Å²) in [6.07, 6.45) is -1.15. The van der Waals surface area contributed by atoms with Gasteiger partial charge in [0.1, 0.15) is 24.2 Å². The average molecular weight is 340 g/mol. The zero-order valence-electron chi connectivity index (χ0n) is 13.5. The lowest BCUT2D eigenvalue weighted by molar-refractivity contribution is -0.191. The molecule has 2 bridgehead atoms. The van der Waals surface area contributed by atoms with E-state index in [0.29, 0.717) is 32.1 Å². The van der Waals surface area contributed by atoms with Crippen molar-refractivity contribution in [2.45, 2.75) is 43.7 Å².